The van der Waals surface area contributed by atoms with Gasteiger partial charge in [-0.15, -0.1) is 0 Å². The molecule has 2 aliphatic rings. The highest BCUT2D eigenvalue weighted by atomic mass is 32.2. The first-order valence-corrected chi connectivity index (χ1v) is 8.70. The van der Waals surface area contributed by atoms with E-state index in [2.05, 4.69) is 10.1 Å². The van der Waals surface area contributed by atoms with Crippen molar-refractivity contribution in [2.24, 2.45) is 5.92 Å². The summed E-state index contributed by atoms with van der Waals surface area (Å²) in [5.41, 5.74) is 0. The quantitative estimate of drug-likeness (QED) is 0.759. The van der Waals surface area contributed by atoms with E-state index in [1.165, 1.54) is 6.33 Å². The molecule has 3 rings (SSSR count). The average molecular weight is 298 g/mol. The molecule has 0 bridgehead atoms. The standard InChI is InChI=1S/C12H18N4O3S/c17-12(10-3-5-20(18,19)7-10)15-4-1-2-11(6-15)16-9-13-8-14-16/h8-11H,1-7H2/t10-,11+/m1/s1. The third-order valence-electron chi connectivity index (χ3n) is 4.10. The van der Waals surface area contributed by atoms with Crippen molar-refractivity contribution >= 4 is 15.7 Å². The van der Waals surface area contributed by atoms with Gasteiger partial charge in [-0.25, -0.2) is 18.1 Å². The molecule has 0 saturated carbocycles. The molecular weight excluding hydrogens is 280 g/mol. The number of piperidine rings is 1. The van der Waals surface area contributed by atoms with Gasteiger partial charge < -0.3 is 4.90 Å². The topological polar surface area (TPSA) is 85.2 Å². The zero-order valence-electron chi connectivity index (χ0n) is 11.2. The molecule has 8 heteroatoms. The van der Waals surface area contributed by atoms with Crippen molar-refractivity contribution in [3.05, 3.63) is 12.7 Å². The summed E-state index contributed by atoms with van der Waals surface area (Å²) in [6.07, 6.45) is 5.50. The lowest BCUT2D eigenvalue weighted by molar-refractivity contribution is -0.136. The Hall–Kier alpha value is -1.44. The second-order valence-electron chi connectivity index (χ2n) is 5.56. The number of amides is 1. The van der Waals surface area contributed by atoms with Crippen molar-refractivity contribution in [3.8, 4) is 0 Å². The van der Waals surface area contributed by atoms with Gasteiger partial charge in [-0.1, -0.05) is 0 Å². The number of aromatic nitrogens is 3. The second kappa shape index (κ2) is 5.16. The fourth-order valence-electron chi connectivity index (χ4n) is 3.02. The number of likely N-dealkylation sites (tertiary alicyclic amines) is 1. The van der Waals surface area contributed by atoms with Gasteiger partial charge in [0.2, 0.25) is 5.91 Å². The number of sulfone groups is 1. The average Bonchev–Trinajstić information content (AvgIpc) is 3.07. The molecular formula is C12H18N4O3S. The van der Waals surface area contributed by atoms with Crippen LogP contribution in [-0.4, -0.2) is 58.6 Å². The third kappa shape index (κ3) is 2.70. The minimum Gasteiger partial charge on any atom is -0.340 e. The minimum atomic E-state index is -3.01. The Morgan fingerprint density at radius 2 is 2.15 bits per heavy atom. The lowest BCUT2D eigenvalue weighted by atomic mass is 10.0. The van der Waals surface area contributed by atoms with Crippen LogP contribution in [0.1, 0.15) is 25.3 Å². The monoisotopic (exact) mass is 298 g/mol. The van der Waals surface area contributed by atoms with Crippen molar-refractivity contribution < 1.29 is 13.2 Å². The van der Waals surface area contributed by atoms with Gasteiger partial charge in [0.1, 0.15) is 12.7 Å². The normalized spacial score (nSPS) is 29.5. The molecule has 2 aliphatic heterocycles. The molecule has 1 amide bonds. The predicted octanol–water partition coefficient (Wildman–Crippen LogP) is -0.124. The lowest BCUT2D eigenvalue weighted by Crippen LogP contribution is -2.44. The van der Waals surface area contributed by atoms with Gasteiger partial charge in [0.05, 0.1) is 23.5 Å². The Balaban J connectivity index is 1.66. The summed E-state index contributed by atoms with van der Waals surface area (Å²) in [5, 5.41) is 4.13. The molecule has 1 aromatic heterocycles. The van der Waals surface area contributed by atoms with E-state index < -0.39 is 9.84 Å². The van der Waals surface area contributed by atoms with Crippen LogP contribution in [0.15, 0.2) is 12.7 Å². The van der Waals surface area contributed by atoms with Crippen LogP contribution in [0.5, 0.6) is 0 Å². The van der Waals surface area contributed by atoms with E-state index in [0.29, 0.717) is 19.5 Å². The van der Waals surface area contributed by atoms with Crippen LogP contribution in [0, 0.1) is 5.92 Å². The van der Waals surface area contributed by atoms with Crippen LogP contribution < -0.4 is 0 Å². The first-order valence-electron chi connectivity index (χ1n) is 6.88. The van der Waals surface area contributed by atoms with E-state index in [-0.39, 0.29) is 29.4 Å². The van der Waals surface area contributed by atoms with E-state index in [0.717, 1.165) is 12.8 Å². The first kappa shape index (κ1) is 13.5. The second-order valence-corrected chi connectivity index (χ2v) is 7.78. The van der Waals surface area contributed by atoms with E-state index in [1.807, 2.05) is 0 Å². The van der Waals surface area contributed by atoms with Gasteiger partial charge >= 0.3 is 0 Å². The molecule has 2 atom stereocenters. The lowest BCUT2D eigenvalue weighted by Gasteiger charge is -2.34. The molecule has 0 aliphatic carbocycles. The Morgan fingerprint density at radius 3 is 2.80 bits per heavy atom. The highest BCUT2D eigenvalue weighted by Gasteiger charge is 2.37. The summed E-state index contributed by atoms with van der Waals surface area (Å²) in [5.74, 6) is -0.217. The molecule has 1 aromatic rings. The van der Waals surface area contributed by atoms with Gasteiger partial charge in [-0.05, 0) is 19.3 Å². The highest BCUT2D eigenvalue weighted by molar-refractivity contribution is 7.91. The maximum Gasteiger partial charge on any atom is 0.226 e. The molecule has 110 valence electrons. The Bertz CT molecular complexity index is 584. The van der Waals surface area contributed by atoms with Crippen molar-refractivity contribution in [2.45, 2.75) is 25.3 Å². The molecule has 7 nitrogen and oxygen atoms in total. The largest absolute Gasteiger partial charge is 0.340 e. The van der Waals surface area contributed by atoms with E-state index >= 15 is 0 Å². The van der Waals surface area contributed by atoms with Crippen LogP contribution in [0.4, 0.5) is 0 Å². The Kier molecular flexibility index (Phi) is 3.49. The zero-order chi connectivity index (χ0) is 14.2. The number of carbonyl (C=O) groups is 1. The van der Waals surface area contributed by atoms with Crippen LogP contribution in [0.3, 0.4) is 0 Å². The van der Waals surface area contributed by atoms with Crippen molar-refractivity contribution in [1.29, 1.82) is 0 Å². The predicted molar refractivity (Wildman–Crippen MR) is 71.6 cm³/mol. The number of hydrogen-bond donors (Lipinski definition) is 0. The number of nitrogens with zero attached hydrogens (tertiary/aromatic N) is 4. The third-order valence-corrected chi connectivity index (χ3v) is 5.87. The van der Waals surface area contributed by atoms with Crippen LogP contribution in [0.2, 0.25) is 0 Å². The van der Waals surface area contributed by atoms with Gasteiger partial charge in [0.15, 0.2) is 9.84 Å². The molecule has 3 heterocycles. The van der Waals surface area contributed by atoms with Crippen LogP contribution in [-0.2, 0) is 14.6 Å². The number of carbonyl (C=O) groups excluding carboxylic acids is 1. The fraction of sp³-hybridized carbons (Fsp3) is 0.750. The smallest absolute Gasteiger partial charge is 0.226 e. The summed E-state index contributed by atoms with van der Waals surface area (Å²) in [4.78, 5) is 18.1. The van der Waals surface area contributed by atoms with Crippen molar-refractivity contribution in [1.82, 2.24) is 19.7 Å². The summed E-state index contributed by atoms with van der Waals surface area (Å²) < 4.78 is 24.8. The summed E-state index contributed by atoms with van der Waals surface area (Å²) in [6.45, 7) is 1.30. The van der Waals surface area contributed by atoms with Gasteiger partial charge in [0, 0.05) is 13.1 Å². The molecule has 2 fully saturated rings. The van der Waals surface area contributed by atoms with E-state index in [1.54, 1.807) is 15.9 Å². The molecule has 2 saturated heterocycles. The molecule has 0 spiro atoms. The minimum absolute atomic E-state index is 0.0102. The molecule has 0 unspecified atom stereocenters. The highest BCUT2D eigenvalue weighted by Crippen LogP contribution is 2.25. The summed E-state index contributed by atoms with van der Waals surface area (Å²) in [6, 6.07) is 0.146. The van der Waals surface area contributed by atoms with Gasteiger partial charge in [-0.3, -0.25) is 4.79 Å². The Morgan fingerprint density at radius 1 is 1.30 bits per heavy atom. The van der Waals surface area contributed by atoms with Crippen LogP contribution >= 0.6 is 0 Å². The number of rotatable bonds is 2. The summed E-state index contributed by atoms with van der Waals surface area (Å²) in [7, 11) is -3.01. The fourth-order valence-corrected chi connectivity index (χ4v) is 4.76. The molecule has 20 heavy (non-hydrogen) atoms. The van der Waals surface area contributed by atoms with Crippen molar-refractivity contribution in [2.75, 3.05) is 24.6 Å². The molecule has 0 N–H and O–H groups in total. The first-order chi connectivity index (χ1) is 9.55. The van der Waals surface area contributed by atoms with Gasteiger partial charge in [0.25, 0.3) is 0 Å². The SMILES string of the molecule is O=C([C@@H]1CCS(=O)(=O)C1)N1CCC[C@H](n2cncn2)C1. The van der Waals surface area contributed by atoms with Crippen molar-refractivity contribution in [3.63, 3.8) is 0 Å². The number of hydrogen-bond acceptors (Lipinski definition) is 5. The maximum absolute atomic E-state index is 12.4. The Labute approximate surface area is 117 Å². The summed E-state index contributed by atoms with van der Waals surface area (Å²) >= 11 is 0. The van der Waals surface area contributed by atoms with Crippen LogP contribution in [0.25, 0.3) is 0 Å². The van der Waals surface area contributed by atoms with Gasteiger partial charge in [-0.2, -0.15) is 5.10 Å². The van der Waals surface area contributed by atoms with E-state index in [9.17, 15) is 13.2 Å². The molecule has 0 aromatic carbocycles. The van der Waals surface area contributed by atoms with E-state index in [4.69, 9.17) is 0 Å². The maximum atomic E-state index is 12.4. The molecule has 0 radical (unpaired) electrons. The zero-order valence-corrected chi connectivity index (χ0v) is 12.0.